The number of nitrogens with two attached hydrogens (primary N) is 1. The fraction of sp³-hybridized carbons (Fsp3) is 0. The van der Waals surface area contributed by atoms with E-state index in [1.54, 1.807) is 11.3 Å². The van der Waals surface area contributed by atoms with Crippen LogP contribution in [0.15, 0.2) is 91.0 Å². The van der Waals surface area contributed by atoms with Gasteiger partial charge in [-0.25, -0.2) is 4.98 Å². The lowest BCUT2D eigenvalue weighted by Crippen LogP contribution is -2.07. The maximum absolute atomic E-state index is 5.99. The predicted octanol–water partition coefficient (Wildman–Crippen LogP) is 7.06. The topological polar surface area (TPSA) is 55.0 Å². The number of fused-ring (bicyclic) bond motifs is 1. The quantitative estimate of drug-likeness (QED) is 0.284. The SMILES string of the molecule is Nc1nc(N(Br)c2ccccc2)c2cc(-c3ccc(-c4ccccc4)s3)ccc2n1. The minimum Gasteiger partial charge on any atom is -0.368 e. The molecule has 0 fully saturated rings. The maximum atomic E-state index is 5.99. The summed E-state index contributed by atoms with van der Waals surface area (Å²) < 4.78 is 1.86. The van der Waals surface area contributed by atoms with E-state index in [0.29, 0.717) is 5.82 Å². The number of thiophene rings is 1. The molecule has 0 unspecified atom stereocenters. The zero-order valence-corrected chi connectivity index (χ0v) is 18.3. The average molecular weight is 473 g/mol. The molecular weight excluding hydrogens is 456 g/mol. The van der Waals surface area contributed by atoms with Crippen LogP contribution in [-0.2, 0) is 0 Å². The molecule has 4 nitrogen and oxygen atoms in total. The van der Waals surface area contributed by atoms with Crippen LogP contribution in [0, 0.1) is 0 Å². The molecule has 2 heterocycles. The zero-order chi connectivity index (χ0) is 20.5. The van der Waals surface area contributed by atoms with Crippen molar-refractivity contribution in [3.63, 3.8) is 0 Å². The van der Waals surface area contributed by atoms with E-state index >= 15 is 0 Å². The van der Waals surface area contributed by atoms with E-state index in [9.17, 15) is 0 Å². The highest BCUT2D eigenvalue weighted by Crippen LogP contribution is 2.38. The van der Waals surface area contributed by atoms with Gasteiger partial charge in [-0.15, -0.1) is 11.3 Å². The molecule has 0 aliphatic heterocycles. The molecule has 2 aromatic heterocycles. The Kier molecular flexibility index (Phi) is 4.94. The lowest BCUT2D eigenvalue weighted by molar-refractivity contribution is 1.21. The van der Waals surface area contributed by atoms with Gasteiger partial charge in [0, 0.05) is 15.1 Å². The first-order valence-electron chi connectivity index (χ1n) is 9.43. The van der Waals surface area contributed by atoms with Crippen LogP contribution in [0.5, 0.6) is 0 Å². The summed E-state index contributed by atoms with van der Waals surface area (Å²) in [5.41, 5.74) is 10.1. The molecule has 0 amide bonds. The highest BCUT2D eigenvalue weighted by Gasteiger charge is 2.15. The molecule has 5 rings (SSSR count). The monoisotopic (exact) mass is 472 g/mol. The first-order chi connectivity index (χ1) is 14.7. The van der Waals surface area contributed by atoms with Crippen molar-refractivity contribution in [2.45, 2.75) is 0 Å². The van der Waals surface area contributed by atoms with Gasteiger partial charge in [0.1, 0.15) is 0 Å². The smallest absolute Gasteiger partial charge is 0.222 e. The van der Waals surface area contributed by atoms with Crippen LogP contribution in [0.25, 0.3) is 31.8 Å². The molecule has 2 N–H and O–H groups in total. The van der Waals surface area contributed by atoms with E-state index in [2.05, 4.69) is 74.6 Å². The molecule has 0 saturated carbocycles. The van der Waals surface area contributed by atoms with Gasteiger partial charge >= 0.3 is 0 Å². The van der Waals surface area contributed by atoms with Crippen LogP contribution in [0.3, 0.4) is 0 Å². The number of rotatable bonds is 4. The van der Waals surface area contributed by atoms with E-state index in [1.165, 1.54) is 15.3 Å². The summed E-state index contributed by atoms with van der Waals surface area (Å²) in [6.07, 6.45) is 0. The average Bonchev–Trinajstić information content (AvgIpc) is 3.29. The molecule has 0 atom stereocenters. The normalized spacial score (nSPS) is 11.0. The van der Waals surface area contributed by atoms with Gasteiger partial charge in [-0.1, -0.05) is 54.6 Å². The van der Waals surface area contributed by atoms with Gasteiger partial charge in [0.2, 0.25) is 5.95 Å². The van der Waals surface area contributed by atoms with E-state index in [1.807, 2.05) is 46.4 Å². The van der Waals surface area contributed by atoms with Crippen molar-refractivity contribution >= 4 is 55.8 Å². The van der Waals surface area contributed by atoms with Gasteiger partial charge in [-0.05, 0) is 47.5 Å². The van der Waals surface area contributed by atoms with E-state index < -0.39 is 0 Å². The molecule has 0 bridgehead atoms. The van der Waals surface area contributed by atoms with Crippen LogP contribution in [-0.4, -0.2) is 9.97 Å². The van der Waals surface area contributed by atoms with Crippen molar-refractivity contribution in [2.24, 2.45) is 0 Å². The Hall–Kier alpha value is -3.22. The Morgan fingerprint density at radius 2 is 1.40 bits per heavy atom. The maximum Gasteiger partial charge on any atom is 0.222 e. The molecule has 3 aromatic carbocycles. The Morgan fingerprint density at radius 3 is 2.13 bits per heavy atom. The second-order valence-corrected chi connectivity index (χ2v) is 8.58. The lowest BCUT2D eigenvalue weighted by Gasteiger charge is -2.18. The minimum absolute atomic E-state index is 0.244. The second-order valence-electron chi connectivity index (χ2n) is 6.78. The van der Waals surface area contributed by atoms with Crippen molar-refractivity contribution in [2.75, 3.05) is 9.66 Å². The summed E-state index contributed by atoms with van der Waals surface area (Å²) >= 11 is 5.43. The fourth-order valence-corrected chi connectivity index (χ4v) is 4.88. The number of anilines is 3. The summed E-state index contributed by atoms with van der Waals surface area (Å²) in [7, 11) is 0. The second kappa shape index (κ2) is 7.89. The summed E-state index contributed by atoms with van der Waals surface area (Å²) in [5, 5.41) is 0.928. The molecule has 0 aliphatic rings. The number of benzene rings is 3. The molecule has 6 heteroatoms. The zero-order valence-electron chi connectivity index (χ0n) is 15.9. The van der Waals surface area contributed by atoms with Crippen molar-refractivity contribution < 1.29 is 0 Å². The van der Waals surface area contributed by atoms with Gasteiger partial charge in [-0.2, -0.15) is 4.98 Å². The van der Waals surface area contributed by atoms with Crippen LogP contribution < -0.4 is 9.66 Å². The summed E-state index contributed by atoms with van der Waals surface area (Å²) in [6.45, 7) is 0. The molecular formula is C24H17BrN4S. The van der Waals surface area contributed by atoms with E-state index in [-0.39, 0.29) is 5.95 Å². The fourth-order valence-electron chi connectivity index (χ4n) is 3.36. The third-order valence-corrected chi connectivity index (χ3v) is 6.74. The first-order valence-corrected chi connectivity index (χ1v) is 11.0. The third-order valence-electron chi connectivity index (χ3n) is 4.81. The van der Waals surface area contributed by atoms with Crippen molar-refractivity contribution in [3.8, 4) is 20.9 Å². The van der Waals surface area contributed by atoms with Crippen molar-refractivity contribution in [1.29, 1.82) is 0 Å². The van der Waals surface area contributed by atoms with Crippen LogP contribution in [0.4, 0.5) is 17.5 Å². The highest BCUT2D eigenvalue weighted by atomic mass is 79.9. The molecule has 0 saturated heterocycles. The summed E-state index contributed by atoms with van der Waals surface area (Å²) in [4.78, 5) is 11.4. The molecule has 5 aromatic rings. The lowest BCUT2D eigenvalue weighted by atomic mass is 10.1. The van der Waals surface area contributed by atoms with Crippen molar-refractivity contribution in [1.82, 2.24) is 9.97 Å². The Balaban J connectivity index is 1.61. The number of halogens is 1. The Labute approximate surface area is 187 Å². The number of nitrogen functional groups attached to an aromatic ring is 1. The Morgan fingerprint density at radius 1 is 0.733 bits per heavy atom. The third kappa shape index (κ3) is 3.56. The molecule has 0 radical (unpaired) electrons. The largest absolute Gasteiger partial charge is 0.368 e. The first kappa shape index (κ1) is 18.8. The molecule has 30 heavy (non-hydrogen) atoms. The van der Waals surface area contributed by atoms with Gasteiger partial charge < -0.3 is 5.73 Å². The van der Waals surface area contributed by atoms with E-state index in [0.717, 1.165) is 22.2 Å². The number of nitrogens with zero attached hydrogens (tertiary/aromatic N) is 3. The molecule has 0 aliphatic carbocycles. The number of hydrogen-bond donors (Lipinski definition) is 1. The highest BCUT2D eigenvalue weighted by molar-refractivity contribution is 9.10. The Bertz CT molecular complexity index is 1320. The molecule has 0 spiro atoms. The minimum atomic E-state index is 0.244. The number of para-hydroxylation sites is 1. The number of aromatic nitrogens is 2. The standard InChI is InChI=1S/C24H17BrN4S/c25-29(18-9-5-2-6-10-18)23-19-15-17(11-12-20(19)27-24(26)28-23)22-14-13-21(30-22)16-7-3-1-4-8-16/h1-15H,(H2,26,27,28). The van der Waals surface area contributed by atoms with Gasteiger partial charge in [0.25, 0.3) is 0 Å². The van der Waals surface area contributed by atoms with Crippen LogP contribution in [0.2, 0.25) is 0 Å². The van der Waals surface area contributed by atoms with Gasteiger partial charge in [0.05, 0.1) is 27.4 Å². The van der Waals surface area contributed by atoms with Crippen molar-refractivity contribution in [3.05, 3.63) is 91.0 Å². The predicted molar refractivity (Wildman–Crippen MR) is 130 cm³/mol. The van der Waals surface area contributed by atoms with Gasteiger partial charge in [0.15, 0.2) is 5.82 Å². The summed E-state index contributed by atoms with van der Waals surface area (Å²) in [6, 6.07) is 30.9. The van der Waals surface area contributed by atoms with Crippen LogP contribution in [0.1, 0.15) is 0 Å². The molecule has 146 valence electrons. The van der Waals surface area contributed by atoms with Crippen LogP contribution >= 0.6 is 27.5 Å². The summed E-state index contributed by atoms with van der Waals surface area (Å²) in [5.74, 6) is 0.957. The number of hydrogen-bond acceptors (Lipinski definition) is 5. The van der Waals surface area contributed by atoms with E-state index in [4.69, 9.17) is 5.73 Å². The van der Waals surface area contributed by atoms with Gasteiger partial charge in [-0.3, -0.25) is 3.93 Å².